The Morgan fingerprint density at radius 1 is 1.04 bits per heavy atom. The molecule has 1 aromatic carbocycles. The fraction of sp³-hybridized carbons (Fsp3) is 0.385. The average Bonchev–Trinajstić information content (AvgIpc) is 2.49. The first-order valence-corrected chi connectivity index (χ1v) is 6.65. The molecule has 0 amide bonds. The molecule has 0 aliphatic carbocycles. The Kier molecular flexibility index (Phi) is 4.55. The molecule has 25 heavy (non-hydrogen) atoms. The fourth-order valence-corrected chi connectivity index (χ4v) is 2.00. The number of hydrogen-bond donors (Lipinski definition) is 2. The van der Waals surface area contributed by atoms with Crippen molar-refractivity contribution in [2.45, 2.75) is 31.2 Å². The van der Waals surface area contributed by atoms with Gasteiger partial charge in [0, 0.05) is 5.56 Å². The Morgan fingerprint density at radius 3 is 2.12 bits per heavy atom. The SMILES string of the molecule is Cc1ccccc1C1=NC(N)N(N)C(C(F)(F)C(F)(F)C(F)(F)F)=N1. The minimum absolute atomic E-state index is 0.134. The predicted molar refractivity (Wildman–Crippen MR) is 75.1 cm³/mol. The molecule has 0 saturated heterocycles. The van der Waals surface area contributed by atoms with Crippen LogP contribution in [0.25, 0.3) is 0 Å². The molecule has 1 heterocycles. The zero-order valence-electron chi connectivity index (χ0n) is 12.5. The van der Waals surface area contributed by atoms with E-state index in [-0.39, 0.29) is 10.6 Å². The number of nitrogens with zero attached hydrogens (tertiary/aromatic N) is 3. The number of nitrogens with two attached hydrogens (primary N) is 2. The normalized spacial score (nSPS) is 19.6. The second-order valence-electron chi connectivity index (χ2n) is 5.17. The number of benzene rings is 1. The number of aryl methyl sites for hydroxylation is 1. The molecule has 4 N–H and O–H groups in total. The maximum Gasteiger partial charge on any atom is 0.460 e. The fourth-order valence-electron chi connectivity index (χ4n) is 2.00. The minimum Gasteiger partial charge on any atom is -0.291 e. The van der Waals surface area contributed by atoms with Crippen molar-refractivity contribution in [3.63, 3.8) is 0 Å². The van der Waals surface area contributed by atoms with E-state index in [1.54, 1.807) is 6.07 Å². The lowest BCUT2D eigenvalue weighted by Gasteiger charge is -2.36. The van der Waals surface area contributed by atoms with Gasteiger partial charge in [0.2, 0.25) is 5.84 Å². The number of rotatable bonds is 3. The molecule has 1 unspecified atom stereocenters. The van der Waals surface area contributed by atoms with Crippen molar-refractivity contribution in [2.75, 3.05) is 0 Å². The summed E-state index contributed by atoms with van der Waals surface area (Å²) in [6, 6.07) is 5.97. The van der Waals surface area contributed by atoms with Gasteiger partial charge >= 0.3 is 18.0 Å². The molecule has 0 aromatic heterocycles. The maximum atomic E-state index is 14.0. The van der Waals surface area contributed by atoms with Crippen molar-refractivity contribution in [1.29, 1.82) is 0 Å². The molecule has 0 fully saturated rings. The molecule has 1 aromatic rings. The van der Waals surface area contributed by atoms with E-state index in [4.69, 9.17) is 11.6 Å². The van der Waals surface area contributed by atoms with Crippen LogP contribution in [0.1, 0.15) is 11.1 Å². The van der Waals surface area contributed by atoms with Crippen LogP contribution < -0.4 is 11.6 Å². The third-order valence-electron chi connectivity index (χ3n) is 3.41. The van der Waals surface area contributed by atoms with Gasteiger partial charge in [0.1, 0.15) is 0 Å². The molecule has 0 bridgehead atoms. The van der Waals surface area contributed by atoms with Crippen molar-refractivity contribution in [3.8, 4) is 0 Å². The van der Waals surface area contributed by atoms with E-state index in [2.05, 4.69) is 9.98 Å². The number of aliphatic imine (C=N–C) groups is 2. The summed E-state index contributed by atoms with van der Waals surface area (Å²) in [6.45, 7) is 1.54. The predicted octanol–water partition coefficient (Wildman–Crippen LogP) is 2.40. The first-order chi connectivity index (χ1) is 11.3. The third-order valence-corrected chi connectivity index (χ3v) is 3.41. The van der Waals surface area contributed by atoms with Crippen LogP contribution >= 0.6 is 0 Å². The van der Waals surface area contributed by atoms with Gasteiger partial charge in [-0.05, 0) is 12.5 Å². The Bertz CT molecular complexity index is 726. The largest absolute Gasteiger partial charge is 0.460 e. The highest BCUT2D eigenvalue weighted by Gasteiger charge is 2.76. The van der Waals surface area contributed by atoms with Gasteiger partial charge in [-0.2, -0.15) is 30.7 Å². The highest BCUT2D eigenvalue weighted by Crippen LogP contribution is 2.47. The van der Waals surface area contributed by atoms with Crippen molar-refractivity contribution in [3.05, 3.63) is 35.4 Å². The number of halogens is 7. The van der Waals surface area contributed by atoms with Crippen LogP contribution in [0.5, 0.6) is 0 Å². The average molecular weight is 371 g/mol. The smallest absolute Gasteiger partial charge is 0.291 e. The second kappa shape index (κ2) is 5.95. The number of amidine groups is 2. The molecule has 1 atom stereocenters. The Labute approximate surface area is 136 Å². The topological polar surface area (TPSA) is 80.0 Å². The van der Waals surface area contributed by atoms with E-state index in [0.29, 0.717) is 5.56 Å². The zero-order chi connectivity index (χ0) is 19.2. The lowest BCUT2D eigenvalue weighted by atomic mass is 10.1. The molecule has 0 radical (unpaired) electrons. The standard InChI is InChI=1S/C13H12F7N5/c1-6-4-2-3-5-7(6)8-23-9(25(22)10(21)24-8)11(14,15)12(16,17)13(18,19)20/h2-5,10H,21-22H2,1H3. The molecule has 1 aliphatic rings. The summed E-state index contributed by atoms with van der Waals surface area (Å²) >= 11 is 0. The first kappa shape index (κ1) is 19.1. The first-order valence-electron chi connectivity index (χ1n) is 6.65. The molecular formula is C13H12F7N5. The maximum absolute atomic E-state index is 14.0. The van der Waals surface area contributed by atoms with Crippen LogP contribution in [0.2, 0.25) is 0 Å². The molecule has 0 saturated carbocycles. The van der Waals surface area contributed by atoms with E-state index in [1.807, 2.05) is 0 Å². The summed E-state index contributed by atoms with van der Waals surface area (Å²) in [5.41, 5.74) is 5.97. The Hall–Kier alpha value is -2.21. The lowest BCUT2D eigenvalue weighted by molar-refractivity contribution is -0.338. The summed E-state index contributed by atoms with van der Waals surface area (Å²) in [7, 11) is 0. The zero-order valence-corrected chi connectivity index (χ0v) is 12.5. The summed E-state index contributed by atoms with van der Waals surface area (Å²) < 4.78 is 91.7. The molecule has 12 heteroatoms. The highest BCUT2D eigenvalue weighted by molar-refractivity contribution is 6.10. The van der Waals surface area contributed by atoms with Crippen LogP contribution in [-0.4, -0.2) is 41.0 Å². The summed E-state index contributed by atoms with van der Waals surface area (Å²) in [5, 5.41) is -0.221. The molecule has 2 rings (SSSR count). The molecule has 0 spiro atoms. The van der Waals surface area contributed by atoms with Crippen molar-refractivity contribution < 1.29 is 30.7 Å². The van der Waals surface area contributed by atoms with Crippen molar-refractivity contribution >= 4 is 11.7 Å². The van der Waals surface area contributed by atoms with E-state index < -0.39 is 36.0 Å². The number of alkyl halides is 7. The quantitative estimate of drug-likeness (QED) is 0.633. The molecular weight excluding hydrogens is 359 g/mol. The monoisotopic (exact) mass is 371 g/mol. The van der Waals surface area contributed by atoms with Gasteiger partial charge in [-0.1, -0.05) is 24.3 Å². The third kappa shape index (κ3) is 3.06. The van der Waals surface area contributed by atoms with Gasteiger partial charge < -0.3 is 0 Å². The van der Waals surface area contributed by atoms with Crippen LogP contribution in [-0.2, 0) is 0 Å². The van der Waals surface area contributed by atoms with Crippen LogP contribution in [0.15, 0.2) is 34.3 Å². The van der Waals surface area contributed by atoms with Gasteiger partial charge in [-0.15, -0.1) is 0 Å². The summed E-state index contributed by atoms with van der Waals surface area (Å²) in [4.78, 5) is 6.80. The van der Waals surface area contributed by atoms with Gasteiger partial charge in [-0.3, -0.25) is 10.7 Å². The van der Waals surface area contributed by atoms with E-state index in [0.717, 1.165) is 0 Å². The second-order valence-corrected chi connectivity index (χ2v) is 5.17. The number of hydrogen-bond acceptors (Lipinski definition) is 5. The van der Waals surface area contributed by atoms with Gasteiger partial charge in [0.25, 0.3) is 0 Å². The van der Waals surface area contributed by atoms with Gasteiger partial charge in [-0.25, -0.2) is 15.8 Å². The Balaban J connectivity index is 2.59. The highest BCUT2D eigenvalue weighted by atomic mass is 19.4. The lowest BCUT2D eigenvalue weighted by Crippen LogP contribution is -2.65. The van der Waals surface area contributed by atoms with E-state index in [1.165, 1.54) is 25.1 Å². The van der Waals surface area contributed by atoms with Crippen LogP contribution in [0.3, 0.4) is 0 Å². The van der Waals surface area contributed by atoms with Gasteiger partial charge in [0.15, 0.2) is 12.1 Å². The Morgan fingerprint density at radius 2 is 1.60 bits per heavy atom. The number of hydrazine groups is 1. The minimum atomic E-state index is -6.53. The van der Waals surface area contributed by atoms with E-state index in [9.17, 15) is 30.7 Å². The summed E-state index contributed by atoms with van der Waals surface area (Å²) in [6.07, 6.45) is -8.35. The molecule has 138 valence electrons. The molecule has 1 aliphatic heterocycles. The van der Waals surface area contributed by atoms with Crippen LogP contribution in [0.4, 0.5) is 30.7 Å². The van der Waals surface area contributed by atoms with Crippen molar-refractivity contribution in [1.82, 2.24) is 5.01 Å². The van der Waals surface area contributed by atoms with Crippen molar-refractivity contribution in [2.24, 2.45) is 21.6 Å². The molecule has 5 nitrogen and oxygen atoms in total. The van der Waals surface area contributed by atoms with Gasteiger partial charge in [0.05, 0.1) is 0 Å². The van der Waals surface area contributed by atoms with E-state index >= 15 is 0 Å². The summed E-state index contributed by atoms with van der Waals surface area (Å²) in [5.74, 6) is -9.62. The van der Waals surface area contributed by atoms with Crippen LogP contribution in [0, 0.1) is 6.92 Å².